The van der Waals surface area contributed by atoms with Gasteiger partial charge in [0.1, 0.15) is 55.4 Å². The number of aliphatic hydroxyl groups excluding tert-OH is 6. The van der Waals surface area contributed by atoms with Crippen molar-refractivity contribution in [1.29, 1.82) is 0 Å². The molecule has 0 amide bonds. The van der Waals surface area contributed by atoms with E-state index in [9.17, 15) is 40.2 Å². The fraction of sp³-hybridized carbons (Fsp3) is 0.952. The molecule has 2 saturated heterocycles. The van der Waals surface area contributed by atoms with Gasteiger partial charge in [0.15, 0.2) is 6.29 Å². The summed E-state index contributed by atoms with van der Waals surface area (Å²) in [6.07, 6.45) is 12.5. The second-order valence-corrected chi connectivity index (χ2v) is 15.8. The van der Waals surface area contributed by atoms with E-state index in [2.05, 4.69) is 13.8 Å². The van der Waals surface area contributed by atoms with Gasteiger partial charge in [-0.15, -0.1) is 0 Å². The van der Waals surface area contributed by atoms with Crippen molar-refractivity contribution in [1.82, 2.24) is 0 Å². The Morgan fingerprint density at radius 2 is 0.764 bits per heavy atom. The number of aliphatic hydroxyl groups is 6. The van der Waals surface area contributed by atoms with Crippen LogP contribution in [0.3, 0.4) is 0 Å². The average Bonchev–Trinajstić information content (AvgIpc) is 3.17. The molecule has 0 radical (unpaired) electrons. The number of carbonyl (C=O) groups excluding carboxylic acids is 2. The van der Waals surface area contributed by atoms with E-state index in [0.717, 1.165) is 38.5 Å². The minimum atomic E-state index is -1.73. The minimum Gasteiger partial charge on any atom is -0.463 e. The summed E-state index contributed by atoms with van der Waals surface area (Å²) in [5, 5.41) is 62.9. The molecule has 13 heteroatoms. The van der Waals surface area contributed by atoms with Crippen molar-refractivity contribution >= 4 is 11.9 Å². The van der Waals surface area contributed by atoms with Gasteiger partial charge in [0.2, 0.25) is 6.29 Å². The Morgan fingerprint density at radius 1 is 0.418 bits per heavy atom. The predicted molar refractivity (Wildman–Crippen MR) is 208 cm³/mol. The molecule has 0 unspecified atom stereocenters. The molecule has 0 bridgehead atoms. The summed E-state index contributed by atoms with van der Waals surface area (Å²) in [4.78, 5) is 24.9. The molecule has 10 atom stereocenters. The maximum Gasteiger partial charge on any atom is 0.308 e. The summed E-state index contributed by atoms with van der Waals surface area (Å²) < 4.78 is 27.4. The lowest BCUT2D eigenvalue weighted by atomic mass is 9.98. The first-order chi connectivity index (χ1) is 26.6. The Balaban J connectivity index is 1.67. The topological polar surface area (TPSA) is 202 Å². The van der Waals surface area contributed by atoms with Crippen LogP contribution in [0.2, 0.25) is 0 Å². The summed E-state index contributed by atoms with van der Waals surface area (Å²) >= 11 is 0. The number of rotatable bonds is 32. The third kappa shape index (κ3) is 20.7. The molecule has 0 aliphatic carbocycles. The van der Waals surface area contributed by atoms with E-state index in [0.29, 0.717) is 12.8 Å². The first kappa shape index (κ1) is 49.7. The van der Waals surface area contributed by atoms with Crippen LogP contribution < -0.4 is 0 Å². The Labute approximate surface area is 330 Å². The van der Waals surface area contributed by atoms with Crippen molar-refractivity contribution < 1.29 is 63.9 Å². The second-order valence-electron chi connectivity index (χ2n) is 15.8. The molecule has 0 aromatic heterocycles. The van der Waals surface area contributed by atoms with Crippen LogP contribution in [0.25, 0.3) is 0 Å². The standard InChI is InChI=1S/C42H78O13/c1-3-5-7-9-11-13-15-17-19-21-23-25-27-33(43)51-29-31-35(45)37(47)39(49)41(53-31)52-30-32-36(46)38(48)40(50)42(54-32)55-34(44)28-26-24-22-20-18-16-14-12-10-8-6-4-2/h31-32,35-42,45-50H,3-30H2,1-2H3/t31-,32-,35-,36-,37+,38+,39-,40-,41+,42-/m1/s1. The number of unbranched alkanes of at least 4 members (excludes halogenated alkanes) is 22. The molecule has 6 N–H and O–H groups in total. The van der Waals surface area contributed by atoms with E-state index < -0.39 is 80.0 Å². The highest BCUT2D eigenvalue weighted by Crippen LogP contribution is 2.27. The van der Waals surface area contributed by atoms with Crippen LogP contribution in [-0.4, -0.2) is 117 Å². The molecule has 0 aromatic rings. The van der Waals surface area contributed by atoms with E-state index in [1.54, 1.807) is 0 Å². The lowest BCUT2D eigenvalue weighted by Crippen LogP contribution is -2.62. The zero-order valence-corrected chi connectivity index (χ0v) is 34.1. The molecule has 2 aliphatic heterocycles. The molecule has 2 heterocycles. The van der Waals surface area contributed by atoms with E-state index in [4.69, 9.17) is 23.7 Å². The largest absolute Gasteiger partial charge is 0.463 e. The van der Waals surface area contributed by atoms with Gasteiger partial charge in [-0.05, 0) is 12.8 Å². The van der Waals surface area contributed by atoms with Crippen molar-refractivity contribution in [3.05, 3.63) is 0 Å². The molecule has 2 aliphatic rings. The Bertz CT molecular complexity index is 970. The van der Waals surface area contributed by atoms with Gasteiger partial charge in [0.05, 0.1) is 6.61 Å². The molecule has 2 rings (SSSR count). The molecule has 55 heavy (non-hydrogen) atoms. The first-order valence-corrected chi connectivity index (χ1v) is 22.0. The SMILES string of the molecule is CCCCCCCCCCCCCCC(=O)OC[C@H]1O[C@H](OC[C@H]2O[C@H](OC(=O)CCCCCCCCCCCCCC)[C@H](O)[C@@H](O)[C@@H]2O)[C@H](O)[C@@H](O)[C@@H]1O. The number of carbonyl (C=O) groups is 2. The normalized spacial score (nSPS) is 28.3. The maximum absolute atomic E-state index is 12.5. The van der Waals surface area contributed by atoms with Crippen molar-refractivity contribution in [2.45, 2.75) is 242 Å². The smallest absolute Gasteiger partial charge is 0.308 e. The van der Waals surface area contributed by atoms with Gasteiger partial charge in [0, 0.05) is 12.8 Å². The summed E-state index contributed by atoms with van der Waals surface area (Å²) in [6, 6.07) is 0. The number of esters is 2. The first-order valence-electron chi connectivity index (χ1n) is 22.0. The van der Waals surface area contributed by atoms with Crippen LogP contribution in [0.1, 0.15) is 181 Å². The molecule has 0 spiro atoms. The van der Waals surface area contributed by atoms with Gasteiger partial charge in [0.25, 0.3) is 0 Å². The number of hydrogen-bond acceptors (Lipinski definition) is 13. The average molecular weight is 791 g/mol. The quantitative estimate of drug-likeness (QED) is 0.0349. The van der Waals surface area contributed by atoms with Gasteiger partial charge in [-0.25, -0.2) is 0 Å². The van der Waals surface area contributed by atoms with E-state index in [1.165, 1.54) is 103 Å². The third-order valence-corrected chi connectivity index (χ3v) is 10.9. The van der Waals surface area contributed by atoms with Crippen molar-refractivity contribution in [2.24, 2.45) is 0 Å². The van der Waals surface area contributed by atoms with Crippen LogP contribution in [-0.2, 0) is 33.3 Å². The summed E-state index contributed by atoms with van der Waals surface area (Å²) in [7, 11) is 0. The monoisotopic (exact) mass is 791 g/mol. The Hall–Kier alpha value is -1.42. The van der Waals surface area contributed by atoms with Crippen LogP contribution in [0.15, 0.2) is 0 Å². The summed E-state index contributed by atoms with van der Waals surface area (Å²) in [6.45, 7) is 3.55. The number of hydrogen-bond donors (Lipinski definition) is 6. The van der Waals surface area contributed by atoms with E-state index >= 15 is 0 Å². The molecule has 13 nitrogen and oxygen atoms in total. The van der Waals surface area contributed by atoms with Crippen molar-refractivity contribution in [3.8, 4) is 0 Å². The van der Waals surface area contributed by atoms with Gasteiger partial charge >= 0.3 is 11.9 Å². The van der Waals surface area contributed by atoms with Crippen LogP contribution in [0, 0.1) is 0 Å². The highest BCUT2D eigenvalue weighted by molar-refractivity contribution is 5.69. The third-order valence-electron chi connectivity index (χ3n) is 10.9. The fourth-order valence-electron chi connectivity index (χ4n) is 7.19. The second kappa shape index (κ2) is 30.6. The van der Waals surface area contributed by atoms with Crippen LogP contribution >= 0.6 is 0 Å². The van der Waals surface area contributed by atoms with Crippen LogP contribution in [0.4, 0.5) is 0 Å². The molecular formula is C42H78O13. The van der Waals surface area contributed by atoms with Gasteiger partial charge in [-0.2, -0.15) is 0 Å². The number of ether oxygens (including phenoxy) is 5. The Kier molecular flexibility index (Phi) is 27.7. The molecule has 324 valence electrons. The predicted octanol–water partition coefficient (Wildman–Crippen LogP) is 5.89. The maximum atomic E-state index is 12.5. The molecule has 2 fully saturated rings. The molecule has 0 saturated carbocycles. The highest BCUT2D eigenvalue weighted by Gasteiger charge is 2.48. The zero-order chi connectivity index (χ0) is 40.3. The fourth-order valence-corrected chi connectivity index (χ4v) is 7.19. The van der Waals surface area contributed by atoms with Gasteiger partial charge in [-0.3, -0.25) is 9.59 Å². The summed E-state index contributed by atoms with van der Waals surface area (Å²) in [5.74, 6) is -1.08. The Morgan fingerprint density at radius 3 is 1.20 bits per heavy atom. The minimum absolute atomic E-state index is 0.109. The molecular weight excluding hydrogens is 712 g/mol. The van der Waals surface area contributed by atoms with E-state index in [-0.39, 0.29) is 19.4 Å². The van der Waals surface area contributed by atoms with Crippen molar-refractivity contribution in [3.63, 3.8) is 0 Å². The van der Waals surface area contributed by atoms with Gasteiger partial charge < -0.3 is 54.3 Å². The van der Waals surface area contributed by atoms with Crippen molar-refractivity contribution in [2.75, 3.05) is 13.2 Å². The highest BCUT2D eigenvalue weighted by atomic mass is 16.7. The lowest BCUT2D eigenvalue weighted by Gasteiger charge is -2.42. The van der Waals surface area contributed by atoms with Crippen LogP contribution in [0.5, 0.6) is 0 Å². The summed E-state index contributed by atoms with van der Waals surface area (Å²) in [5.41, 5.74) is 0. The van der Waals surface area contributed by atoms with Gasteiger partial charge in [-0.1, -0.05) is 155 Å². The zero-order valence-electron chi connectivity index (χ0n) is 34.1. The van der Waals surface area contributed by atoms with E-state index in [1.807, 2.05) is 0 Å². The molecule has 0 aromatic carbocycles. The lowest BCUT2D eigenvalue weighted by molar-refractivity contribution is -0.327.